The number of H-pyrrole nitrogens is 1. The molecule has 3 heterocycles. The molecular weight excluding hydrogens is 382 g/mol. The zero-order chi connectivity index (χ0) is 21.4. The largest absolute Gasteiger partial charge is 0.323 e. The lowest BCUT2D eigenvalue weighted by atomic mass is 10.1. The number of rotatable bonds is 4. The highest BCUT2D eigenvalue weighted by atomic mass is 16.2. The van der Waals surface area contributed by atoms with Gasteiger partial charge in [-0.05, 0) is 32.9 Å². The minimum Gasteiger partial charge on any atom is -0.323 e. The van der Waals surface area contributed by atoms with E-state index in [1.54, 1.807) is 11.6 Å². The predicted octanol–water partition coefficient (Wildman–Crippen LogP) is 2.19. The summed E-state index contributed by atoms with van der Waals surface area (Å²) in [6, 6.07) is 11.6. The monoisotopic (exact) mass is 401 g/mol. The third-order valence-electron chi connectivity index (χ3n) is 4.98. The zero-order valence-corrected chi connectivity index (χ0v) is 16.7. The first kappa shape index (κ1) is 19.1. The van der Waals surface area contributed by atoms with E-state index >= 15 is 0 Å². The smallest absolute Gasteiger partial charge is 0.276 e. The molecule has 30 heavy (non-hydrogen) atoms. The molecule has 1 amide bonds. The number of aromatic nitrogens is 5. The Morgan fingerprint density at radius 1 is 1.20 bits per heavy atom. The highest BCUT2D eigenvalue weighted by Crippen LogP contribution is 2.23. The molecule has 0 saturated carbocycles. The molecule has 0 bridgehead atoms. The lowest BCUT2D eigenvalue weighted by molar-refractivity contribution is -0.115. The Morgan fingerprint density at radius 3 is 2.63 bits per heavy atom. The van der Waals surface area contributed by atoms with Gasteiger partial charge in [-0.15, -0.1) is 0 Å². The van der Waals surface area contributed by atoms with E-state index in [2.05, 4.69) is 20.5 Å². The van der Waals surface area contributed by atoms with E-state index in [0.29, 0.717) is 17.1 Å². The number of hydrogen-bond donors (Lipinski definition) is 2. The average Bonchev–Trinajstić information content (AvgIpc) is 3.27. The van der Waals surface area contributed by atoms with Gasteiger partial charge in [-0.2, -0.15) is 10.4 Å². The SMILES string of the molecule is Cc1nn(-c2ccccc2)c(C)c1NC(=O)Cc1c(C)nc2c(C#N)c[nH]n2c1=O. The summed E-state index contributed by atoms with van der Waals surface area (Å²) in [5.74, 6) is -0.345. The summed E-state index contributed by atoms with van der Waals surface area (Å²) >= 11 is 0. The lowest BCUT2D eigenvalue weighted by Crippen LogP contribution is -2.26. The fourth-order valence-corrected chi connectivity index (χ4v) is 3.43. The van der Waals surface area contributed by atoms with Gasteiger partial charge in [0.2, 0.25) is 5.91 Å². The summed E-state index contributed by atoms with van der Waals surface area (Å²) in [4.78, 5) is 29.8. The lowest BCUT2D eigenvalue weighted by Gasteiger charge is -2.08. The van der Waals surface area contributed by atoms with E-state index in [1.165, 1.54) is 10.7 Å². The van der Waals surface area contributed by atoms with Gasteiger partial charge in [0.25, 0.3) is 5.56 Å². The van der Waals surface area contributed by atoms with Crippen LogP contribution in [0, 0.1) is 32.1 Å². The molecule has 0 atom stereocenters. The average molecular weight is 401 g/mol. The number of nitrogens with zero attached hydrogens (tertiary/aromatic N) is 5. The van der Waals surface area contributed by atoms with E-state index in [-0.39, 0.29) is 29.1 Å². The Hall–Kier alpha value is -4.19. The molecule has 3 aromatic heterocycles. The number of amides is 1. The molecule has 4 rings (SSSR count). The maximum Gasteiger partial charge on any atom is 0.276 e. The van der Waals surface area contributed by atoms with Crippen LogP contribution in [-0.4, -0.2) is 30.3 Å². The van der Waals surface area contributed by atoms with Gasteiger partial charge < -0.3 is 5.32 Å². The standard InChI is InChI=1S/C21H19N7O2/c1-12-17(21(30)28-20(24-12)15(10-22)11-23-28)9-18(29)25-19-13(2)26-27(14(19)3)16-7-5-4-6-8-16/h4-8,11,23H,9H2,1-3H3,(H,25,29). The van der Waals surface area contributed by atoms with Crippen LogP contribution in [-0.2, 0) is 11.2 Å². The summed E-state index contributed by atoms with van der Waals surface area (Å²) in [6.07, 6.45) is 1.27. The van der Waals surface area contributed by atoms with Gasteiger partial charge in [0.1, 0.15) is 11.6 Å². The Kier molecular flexibility index (Phi) is 4.68. The molecule has 9 heteroatoms. The fourth-order valence-electron chi connectivity index (χ4n) is 3.43. The van der Waals surface area contributed by atoms with E-state index in [4.69, 9.17) is 5.26 Å². The van der Waals surface area contributed by atoms with Gasteiger partial charge >= 0.3 is 0 Å². The highest BCUT2D eigenvalue weighted by Gasteiger charge is 2.19. The summed E-state index contributed by atoms with van der Waals surface area (Å²) in [7, 11) is 0. The number of fused-ring (bicyclic) bond motifs is 1. The second-order valence-corrected chi connectivity index (χ2v) is 6.96. The number of carbonyl (C=O) groups is 1. The summed E-state index contributed by atoms with van der Waals surface area (Å²) in [6.45, 7) is 5.35. The number of anilines is 1. The number of hydrogen-bond acceptors (Lipinski definition) is 5. The van der Waals surface area contributed by atoms with E-state index in [9.17, 15) is 9.59 Å². The van der Waals surface area contributed by atoms with Crippen molar-refractivity contribution in [3.63, 3.8) is 0 Å². The van der Waals surface area contributed by atoms with Crippen LogP contribution in [0.1, 0.15) is 28.2 Å². The topological polar surface area (TPSA) is 121 Å². The predicted molar refractivity (Wildman–Crippen MR) is 111 cm³/mol. The highest BCUT2D eigenvalue weighted by molar-refractivity contribution is 5.93. The molecule has 2 N–H and O–H groups in total. The number of aromatic amines is 1. The normalized spacial score (nSPS) is 10.9. The summed E-state index contributed by atoms with van der Waals surface area (Å²) in [5, 5.41) is 19.2. The zero-order valence-electron chi connectivity index (χ0n) is 16.7. The van der Waals surface area contributed by atoms with E-state index in [1.807, 2.05) is 50.2 Å². The molecule has 0 aliphatic rings. The fraction of sp³-hybridized carbons (Fsp3) is 0.190. The first-order valence-electron chi connectivity index (χ1n) is 9.32. The number of nitrogens with one attached hydrogen (secondary N) is 2. The van der Waals surface area contributed by atoms with Gasteiger partial charge in [0, 0.05) is 17.5 Å². The van der Waals surface area contributed by atoms with Crippen LogP contribution in [0.15, 0.2) is 41.3 Å². The Labute approximate surface area is 171 Å². The minimum absolute atomic E-state index is 0.142. The maximum absolute atomic E-state index is 12.8. The number of para-hydroxylation sites is 1. The van der Waals surface area contributed by atoms with Gasteiger partial charge in [-0.1, -0.05) is 18.2 Å². The van der Waals surface area contributed by atoms with Crippen LogP contribution >= 0.6 is 0 Å². The van der Waals surface area contributed by atoms with Gasteiger partial charge in [0.05, 0.1) is 29.2 Å². The third-order valence-corrected chi connectivity index (χ3v) is 4.98. The molecule has 0 spiro atoms. The maximum atomic E-state index is 12.8. The Morgan fingerprint density at radius 2 is 1.93 bits per heavy atom. The first-order chi connectivity index (χ1) is 14.4. The van der Waals surface area contributed by atoms with Crippen molar-refractivity contribution in [1.82, 2.24) is 24.4 Å². The van der Waals surface area contributed by atoms with Crippen molar-refractivity contribution in [2.45, 2.75) is 27.2 Å². The molecule has 0 unspecified atom stereocenters. The van der Waals surface area contributed by atoms with Crippen LogP contribution in [0.25, 0.3) is 11.3 Å². The van der Waals surface area contributed by atoms with Crippen molar-refractivity contribution in [3.05, 3.63) is 75.1 Å². The second-order valence-electron chi connectivity index (χ2n) is 6.96. The van der Waals surface area contributed by atoms with Gasteiger partial charge in [-0.25, -0.2) is 14.2 Å². The third kappa shape index (κ3) is 3.14. The summed E-state index contributed by atoms with van der Waals surface area (Å²) in [5.41, 5.74) is 3.77. The van der Waals surface area contributed by atoms with Crippen LogP contribution in [0.4, 0.5) is 5.69 Å². The molecule has 0 saturated heterocycles. The Bertz CT molecular complexity index is 1370. The van der Waals surface area contributed by atoms with E-state index < -0.39 is 5.56 Å². The molecule has 1 aromatic carbocycles. The molecule has 9 nitrogen and oxygen atoms in total. The molecule has 0 aliphatic carbocycles. The van der Waals surface area contributed by atoms with E-state index in [0.717, 1.165) is 11.4 Å². The van der Waals surface area contributed by atoms with Crippen molar-refractivity contribution in [3.8, 4) is 11.8 Å². The molecule has 4 aromatic rings. The van der Waals surface area contributed by atoms with Gasteiger partial charge in [-0.3, -0.25) is 14.7 Å². The number of benzene rings is 1. The molecule has 0 fully saturated rings. The number of carbonyl (C=O) groups excluding carboxylic acids is 1. The van der Waals surface area contributed by atoms with Crippen molar-refractivity contribution in [2.24, 2.45) is 0 Å². The van der Waals surface area contributed by atoms with Crippen LogP contribution in [0.5, 0.6) is 0 Å². The molecule has 0 radical (unpaired) electrons. The molecule has 150 valence electrons. The molecule has 0 aliphatic heterocycles. The first-order valence-corrected chi connectivity index (χ1v) is 9.32. The second kappa shape index (κ2) is 7.33. The van der Waals surface area contributed by atoms with Crippen molar-refractivity contribution in [1.29, 1.82) is 5.26 Å². The minimum atomic E-state index is -0.400. The number of aryl methyl sites for hydroxylation is 2. The van der Waals surface area contributed by atoms with Crippen LogP contribution < -0.4 is 10.9 Å². The van der Waals surface area contributed by atoms with Crippen LogP contribution in [0.2, 0.25) is 0 Å². The summed E-state index contributed by atoms with van der Waals surface area (Å²) < 4.78 is 2.94. The van der Waals surface area contributed by atoms with Crippen molar-refractivity contribution in [2.75, 3.05) is 5.32 Å². The Balaban J connectivity index is 1.63. The quantitative estimate of drug-likeness (QED) is 0.543. The van der Waals surface area contributed by atoms with Crippen molar-refractivity contribution >= 4 is 17.2 Å². The number of nitriles is 1. The van der Waals surface area contributed by atoms with Crippen molar-refractivity contribution < 1.29 is 4.79 Å². The van der Waals surface area contributed by atoms with Gasteiger partial charge in [0.15, 0.2) is 5.65 Å². The molecular formula is C21H19N7O2. The van der Waals surface area contributed by atoms with Crippen LogP contribution in [0.3, 0.4) is 0 Å².